The molecule has 0 radical (unpaired) electrons. The van der Waals surface area contributed by atoms with Crippen molar-refractivity contribution in [3.63, 3.8) is 0 Å². The lowest BCUT2D eigenvalue weighted by atomic mass is 10.1. The van der Waals surface area contributed by atoms with Crippen molar-refractivity contribution >= 4 is 74.8 Å². The van der Waals surface area contributed by atoms with Crippen LogP contribution >= 0.6 is 45.2 Å². The molecule has 182 valence electrons. The zero-order chi connectivity index (χ0) is 25.4. The molecule has 1 fully saturated rings. The highest BCUT2D eigenvalue weighted by atomic mass is 127. The molecular formula is C25H15FI2N2O6. The van der Waals surface area contributed by atoms with Gasteiger partial charge in [0.2, 0.25) is 6.79 Å². The van der Waals surface area contributed by atoms with Crippen LogP contribution in [-0.2, 0) is 16.2 Å². The first-order valence-electron chi connectivity index (χ1n) is 10.5. The summed E-state index contributed by atoms with van der Waals surface area (Å²) in [6, 6.07) is 13.3. The molecule has 3 aromatic carbocycles. The third-order valence-electron chi connectivity index (χ3n) is 5.34. The number of carbonyl (C=O) groups excluding carboxylic acids is 3. The molecule has 0 unspecified atom stereocenters. The second-order valence-electron chi connectivity index (χ2n) is 7.72. The second-order valence-corrected chi connectivity index (χ2v) is 10.0. The van der Waals surface area contributed by atoms with Crippen LogP contribution in [0.1, 0.15) is 11.1 Å². The monoisotopic (exact) mass is 712 g/mol. The first kappa shape index (κ1) is 24.5. The second kappa shape index (κ2) is 10.0. The Labute approximate surface area is 231 Å². The summed E-state index contributed by atoms with van der Waals surface area (Å²) in [5.41, 5.74) is 1.44. The summed E-state index contributed by atoms with van der Waals surface area (Å²) in [7, 11) is 0. The summed E-state index contributed by atoms with van der Waals surface area (Å²) < 4.78 is 31.2. The van der Waals surface area contributed by atoms with Crippen LogP contribution in [0, 0.1) is 13.0 Å². The molecule has 0 aliphatic carbocycles. The maximum Gasteiger partial charge on any atom is 0.335 e. The van der Waals surface area contributed by atoms with Gasteiger partial charge in [-0.2, -0.15) is 0 Å². The van der Waals surface area contributed by atoms with Crippen molar-refractivity contribution in [2.45, 2.75) is 6.61 Å². The molecule has 0 bridgehead atoms. The minimum atomic E-state index is -0.852. The number of halogens is 3. The Kier molecular flexibility index (Phi) is 6.83. The molecule has 8 nitrogen and oxygen atoms in total. The Hall–Kier alpha value is -3.20. The summed E-state index contributed by atoms with van der Waals surface area (Å²) >= 11 is 4.21. The van der Waals surface area contributed by atoms with Gasteiger partial charge in [0, 0.05) is 6.07 Å². The van der Waals surface area contributed by atoms with E-state index in [9.17, 15) is 18.8 Å². The molecule has 0 spiro atoms. The third kappa shape index (κ3) is 4.89. The van der Waals surface area contributed by atoms with Gasteiger partial charge >= 0.3 is 6.03 Å². The van der Waals surface area contributed by atoms with Crippen molar-refractivity contribution in [3.05, 3.63) is 84.3 Å². The lowest BCUT2D eigenvalue weighted by molar-refractivity contribution is -0.122. The molecule has 0 atom stereocenters. The number of barbiturate groups is 1. The average molecular weight is 712 g/mol. The Balaban J connectivity index is 1.40. The Bertz CT molecular complexity index is 1420. The predicted octanol–water partition coefficient (Wildman–Crippen LogP) is 5.01. The number of fused-ring (bicyclic) bond motifs is 1. The summed E-state index contributed by atoms with van der Waals surface area (Å²) in [5, 5.41) is 2.21. The number of anilines is 1. The number of imide groups is 2. The van der Waals surface area contributed by atoms with Crippen molar-refractivity contribution in [1.29, 1.82) is 0 Å². The Morgan fingerprint density at radius 1 is 0.972 bits per heavy atom. The molecule has 0 saturated carbocycles. The third-order valence-corrected chi connectivity index (χ3v) is 6.95. The van der Waals surface area contributed by atoms with Gasteiger partial charge in [-0.05, 0) is 98.8 Å². The highest BCUT2D eigenvalue weighted by Crippen LogP contribution is 2.37. The van der Waals surface area contributed by atoms with Crippen molar-refractivity contribution in [2.75, 3.05) is 11.7 Å². The average Bonchev–Trinajstić information content (AvgIpc) is 3.30. The fourth-order valence-corrected chi connectivity index (χ4v) is 5.75. The molecule has 11 heteroatoms. The molecule has 4 amide bonds. The lowest BCUT2D eigenvalue weighted by Gasteiger charge is -2.26. The standard InChI is InChI=1S/C25H15FI2N2O6/c26-15-3-1-13(2-4-15)11-34-22-18(27)8-14(9-19(22)28)7-17-23(31)29-25(33)30(24(17)32)16-5-6-20-21(10-16)36-12-35-20/h1-10H,11-12H2,(H,29,31,33)/b17-7+. The van der Waals surface area contributed by atoms with Crippen LogP contribution in [0.3, 0.4) is 0 Å². The van der Waals surface area contributed by atoms with Crippen LogP contribution in [-0.4, -0.2) is 24.6 Å². The van der Waals surface area contributed by atoms with Gasteiger partial charge < -0.3 is 14.2 Å². The van der Waals surface area contributed by atoms with Crippen LogP contribution in [0.4, 0.5) is 14.9 Å². The summed E-state index contributed by atoms with van der Waals surface area (Å²) in [5.74, 6) is -0.343. The summed E-state index contributed by atoms with van der Waals surface area (Å²) in [6.07, 6.45) is 1.43. The van der Waals surface area contributed by atoms with Crippen molar-refractivity contribution in [3.8, 4) is 17.2 Å². The van der Waals surface area contributed by atoms with E-state index in [1.54, 1.807) is 30.3 Å². The number of nitrogens with zero attached hydrogens (tertiary/aromatic N) is 1. The van der Waals surface area contributed by atoms with Gasteiger partial charge in [0.05, 0.1) is 12.8 Å². The van der Waals surface area contributed by atoms with Gasteiger partial charge in [-0.25, -0.2) is 14.1 Å². The molecule has 2 heterocycles. The van der Waals surface area contributed by atoms with E-state index >= 15 is 0 Å². The van der Waals surface area contributed by atoms with Gasteiger partial charge in [0.15, 0.2) is 11.5 Å². The van der Waals surface area contributed by atoms with E-state index in [0.29, 0.717) is 22.8 Å². The van der Waals surface area contributed by atoms with E-state index < -0.39 is 17.8 Å². The van der Waals surface area contributed by atoms with Crippen LogP contribution < -0.4 is 24.4 Å². The Morgan fingerprint density at radius 2 is 1.67 bits per heavy atom. The fraction of sp³-hybridized carbons (Fsp3) is 0.0800. The molecule has 1 N–H and O–H groups in total. The van der Waals surface area contributed by atoms with E-state index in [2.05, 4.69) is 50.5 Å². The van der Waals surface area contributed by atoms with E-state index in [-0.39, 0.29) is 30.5 Å². The lowest BCUT2D eigenvalue weighted by Crippen LogP contribution is -2.54. The zero-order valence-electron chi connectivity index (χ0n) is 18.2. The number of nitrogens with one attached hydrogen (secondary N) is 1. The van der Waals surface area contributed by atoms with Crippen LogP contribution in [0.5, 0.6) is 17.2 Å². The van der Waals surface area contributed by atoms with Gasteiger partial charge in [0.25, 0.3) is 11.8 Å². The highest BCUT2D eigenvalue weighted by molar-refractivity contribution is 14.1. The normalized spacial score (nSPS) is 15.9. The molecule has 2 aliphatic heterocycles. The number of carbonyl (C=O) groups is 3. The topological polar surface area (TPSA) is 94.2 Å². The van der Waals surface area contributed by atoms with E-state index in [1.807, 2.05) is 0 Å². The summed E-state index contributed by atoms with van der Waals surface area (Å²) in [4.78, 5) is 39.2. The molecule has 3 aromatic rings. The molecule has 2 aliphatic rings. The SMILES string of the molecule is O=C1NC(=O)N(c2ccc3c(c2)OCO3)C(=O)/C1=C/c1cc(I)c(OCc2ccc(F)cc2)c(I)c1. The molecule has 5 rings (SSSR count). The number of hydrogen-bond donors (Lipinski definition) is 1. The number of hydrogen-bond acceptors (Lipinski definition) is 6. The van der Waals surface area contributed by atoms with E-state index in [0.717, 1.165) is 17.6 Å². The van der Waals surface area contributed by atoms with Crippen molar-refractivity contribution in [1.82, 2.24) is 5.32 Å². The van der Waals surface area contributed by atoms with Crippen LogP contribution in [0.15, 0.2) is 60.2 Å². The zero-order valence-corrected chi connectivity index (χ0v) is 22.5. The minimum absolute atomic E-state index is 0.0451. The van der Waals surface area contributed by atoms with Crippen LogP contribution in [0.2, 0.25) is 0 Å². The summed E-state index contributed by atoms with van der Waals surface area (Å²) in [6.45, 7) is 0.295. The number of ether oxygens (including phenoxy) is 3. The molecule has 1 saturated heterocycles. The minimum Gasteiger partial charge on any atom is -0.487 e. The van der Waals surface area contributed by atoms with Gasteiger partial charge in [-0.15, -0.1) is 0 Å². The van der Waals surface area contributed by atoms with Crippen molar-refractivity contribution < 1.29 is 33.0 Å². The first-order chi connectivity index (χ1) is 17.3. The maximum absolute atomic E-state index is 13.2. The highest BCUT2D eigenvalue weighted by Gasteiger charge is 2.37. The maximum atomic E-state index is 13.2. The number of rotatable bonds is 5. The van der Waals surface area contributed by atoms with E-state index in [1.165, 1.54) is 30.3 Å². The molecule has 36 heavy (non-hydrogen) atoms. The number of amides is 4. The quantitative estimate of drug-likeness (QED) is 0.227. The molecule has 0 aromatic heterocycles. The van der Waals surface area contributed by atoms with Crippen molar-refractivity contribution in [2.24, 2.45) is 0 Å². The molecular weight excluding hydrogens is 697 g/mol. The predicted molar refractivity (Wildman–Crippen MR) is 144 cm³/mol. The first-order valence-corrected chi connectivity index (χ1v) is 12.6. The van der Waals surface area contributed by atoms with Gasteiger partial charge in [-0.3, -0.25) is 14.9 Å². The number of urea groups is 1. The van der Waals surface area contributed by atoms with Crippen LogP contribution in [0.25, 0.3) is 6.08 Å². The fourth-order valence-electron chi connectivity index (χ4n) is 3.62. The Morgan fingerprint density at radius 3 is 2.39 bits per heavy atom. The van der Waals surface area contributed by atoms with Gasteiger partial charge in [0.1, 0.15) is 23.7 Å². The van der Waals surface area contributed by atoms with Gasteiger partial charge in [-0.1, -0.05) is 12.1 Å². The smallest absolute Gasteiger partial charge is 0.335 e. The van der Waals surface area contributed by atoms with E-state index in [4.69, 9.17) is 14.2 Å². The largest absolute Gasteiger partial charge is 0.487 e. The number of benzene rings is 3.